The van der Waals surface area contributed by atoms with Crippen LogP contribution in [0.25, 0.3) is 0 Å². The Morgan fingerprint density at radius 2 is 1.90 bits per heavy atom. The van der Waals surface area contributed by atoms with E-state index in [2.05, 4.69) is 6.07 Å². The van der Waals surface area contributed by atoms with Gasteiger partial charge in [0.1, 0.15) is 0 Å². The summed E-state index contributed by atoms with van der Waals surface area (Å²) in [6, 6.07) is 13.0. The summed E-state index contributed by atoms with van der Waals surface area (Å²) < 4.78 is 0. The number of halogens is 2. The first-order chi connectivity index (χ1) is 10.1. The van der Waals surface area contributed by atoms with Crippen molar-refractivity contribution in [1.29, 1.82) is 5.26 Å². The molecular formula is C17H11Cl2NO. The van der Waals surface area contributed by atoms with Crippen molar-refractivity contribution in [3.63, 3.8) is 0 Å². The molecule has 0 spiro atoms. The molecular weight excluding hydrogens is 305 g/mol. The molecule has 4 heteroatoms. The maximum Gasteiger partial charge on any atom is 0.163 e. The third-order valence-electron chi connectivity index (χ3n) is 3.86. The van der Waals surface area contributed by atoms with E-state index >= 15 is 0 Å². The molecule has 0 radical (unpaired) electrons. The van der Waals surface area contributed by atoms with E-state index in [1.54, 1.807) is 18.2 Å². The van der Waals surface area contributed by atoms with Gasteiger partial charge in [-0.05, 0) is 41.8 Å². The van der Waals surface area contributed by atoms with Gasteiger partial charge in [0.25, 0.3) is 0 Å². The van der Waals surface area contributed by atoms with Crippen LogP contribution < -0.4 is 0 Å². The van der Waals surface area contributed by atoms with Crippen LogP contribution in [0, 0.1) is 11.3 Å². The highest BCUT2D eigenvalue weighted by molar-refractivity contribution is 6.42. The van der Waals surface area contributed by atoms with Crippen LogP contribution in [-0.2, 0) is 0 Å². The van der Waals surface area contributed by atoms with Gasteiger partial charge in [-0.15, -0.1) is 0 Å². The molecule has 0 amide bonds. The number of hydrogen-bond donors (Lipinski definition) is 0. The van der Waals surface area contributed by atoms with Crippen LogP contribution in [0.3, 0.4) is 0 Å². The fourth-order valence-corrected chi connectivity index (χ4v) is 3.12. The maximum absolute atomic E-state index is 12.1. The second-order valence-corrected chi connectivity index (χ2v) is 5.92. The van der Waals surface area contributed by atoms with Crippen molar-refractivity contribution in [1.82, 2.24) is 0 Å². The zero-order chi connectivity index (χ0) is 15.0. The summed E-state index contributed by atoms with van der Waals surface area (Å²) in [5.41, 5.74) is 3.17. The van der Waals surface area contributed by atoms with E-state index in [4.69, 9.17) is 28.5 Å². The van der Waals surface area contributed by atoms with Crippen molar-refractivity contribution < 1.29 is 4.79 Å². The fraction of sp³-hybridized carbons (Fsp3) is 0.176. The summed E-state index contributed by atoms with van der Waals surface area (Å²) in [6.45, 7) is 0. The van der Waals surface area contributed by atoms with Crippen molar-refractivity contribution in [3.05, 3.63) is 68.7 Å². The molecule has 0 fully saturated rings. The molecule has 21 heavy (non-hydrogen) atoms. The summed E-state index contributed by atoms with van der Waals surface area (Å²) in [4.78, 5) is 12.1. The Morgan fingerprint density at radius 3 is 2.62 bits per heavy atom. The molecule has 0 saturated heterocycles. The highest BCUT2D eigenvalue weighted by Gasteiger charge is 2.27. The van der Waals surface area contributed by atoms with E-state index < -0.39 is 0 Å². The Bertz CT molecular complexity index is 777. The lowest BCUT2D eigenvalue weighted by molar-refractivity contribution is 0.0969. The first-order valence-corrected chi connectivity index (χ1v) is 7.38. The van der Waals surface area contributed by atoms with E-state index in [1.165, 1.54) is 0 Å². The molecule has 0 aromatic heterocycles. The lowest BCUT2D eigenvalue weighted by Gasteiger charge is -2.25. The largest absolute Gasteiger partial charge is 0.294 e. The predicted molar refractivity (Wildman–Crippen MR) is 83.0 cm³/mol. The minimum absolute atomic E-state index is 0.0958. The van der Waals surface area contributed by atoms with Gasteiger partial charge in [0.05, 0.1) is 21.7 Å². The number of rotatable bonds is 1. The molecule has 2 aromatic carbocycles. The second kappa shape index (κ2) is 5.52. The van der Waals surface area contributed by atoms with Crippen molar-refractivity contribution in [2.75, 3.05) is 0 Å². The van der Waals surface area contributed by atoms with Gasteiger partial charge in [-0.2, -0.15) is 5.26 Å². The normalized spacial score (nSPS) is 17.2. The monoisotopic (exact) mass is 315 g/mol. The number of ketones is 1. The number of nitrogens with zero attached hydrogens (tertiary/aromatic N) is 1. The highest BCUT2D eigenvalue weighted by Crippen LogP contribution is 2.38. The quantitative estimate of drug-likeness (QED) is 0.745. The standard InChI is InChI=1S/C17H11Cl2NO/c18-15-5-2-11(8-16(15)19)12-4-6-17(21)14-7-10(9-20)1-3-13(12)14/h1-3,5,7-8,12H,4,6H2/t12-/m0/s1. The SMILES string of the molecule is N#Cc1ccc2c(c1)C(=O)CC[C@H]2c1ccc(Cl)c(Cl)c1. The molecule has 2 aromatic rings. The molecule has 0 saturated carbocycles. The molecule has 0 N–H and O–H groups in total. The lowest BCUT2D eigenvalue weighted by atomic mass is 9.78. The Kier molecular flexibility index (Phi) is 3.71. The minimum Gasteiger partial charge on any atom is -0.294 e. The molecule has 1 aliphatic carbocycles. The van der Waals surface area contributed by atoms with E-state index in [0.29, 0.717) is 27.6 Å². The zero-order valence-electron chi connectivity index (χ0n) is 11.1. The highest BCUT2D eigenvalue weighted by atomic mass is 35.5. The van der Waals surface area contributed by atoms with Gasteiger partial charge >= 0.3 is 0 Å². The number of benzene rings is 2. The van der Waals surface area contributed by atoms with Gasteiger partial charge in [0, 0.05) is 17.9 Å². The van der Waals surface area contributed by atoms with Gasteiger partial charge < -0.3 is 0 Å². The predicted octanol–water partition coefficient (Wildman–Crippen LogP) is 4.97. The second-order valence-electron chi connectivity index (χ2n) is 5.10. The smallest absolute Gasteiger partial charge is 0.163 e. The van der Waals surface area contributed by atoms with Gasteiger partial charge in [-0.1, -0.05) is 35.3 Å². The Labute approximate surface area is 132 Å². The summed E-state index contributed by atoms with van der Waals surface area (Å²) in [7, 11) is 0. The van der Waals surface area contributed by atoms with Gasteiger partial charge in [0.2, 0.25) is 0 Å². The minimum atomic E-state index is 0.0958. The van der Waals surface area contributed by atoms with Gasteiger partial charge in [0.15, 0.2) is 5.78 Å². The van der Waals surface area contributed by atoms with Crippen LogP contribution in [0.4, 0.5) is 0 Å². The Balaban J connectivity index is 2.11. The number of fused-ring (bicyclic) bond motifs is 1. The summed E-state index contributed by atoms with van der Waals surface area (Å²) in [5, 5.41) is 10.0. The molecule has 104 valence electrons. The van der Waals surface area contributed by atoms with Crippen LogP contribution in [-0.4, -0.2) is 5.78 Å². The molecule has 2 nitrogen and oxygen atoms in total. The van der Waals surface area contributed by atoms with E-state index in [0.717, 1.165) is 17.5 Å². The summed E-state index contributed by atoms with van der Waals surface area (Å²) in [5.74, 6) is 0.207. The van der Waals surface area contributed by atoms with E-state index in [9.17, 15) is 4.79 Å². The fourth-order valence-electron chi connectivity index (χ4n) is 2.81. The van der Waals surface area contributed by atoms with E-state index in [-0.39, 0.29) is 11.7 Å². The summed E-state index contributed by atoms with van der Waals surface area (Å²) >= 11 is 12.1. The number of carbonyl (C=O) groups excluding carboxylic acids is 1. The number of nitriles is 1. The topological polar surface area (TPSA) is 40.9 Å². The first-order valence-electron chi connectivity index (χ1n) is 6.62. The van der Waals surface area contributed by atoms with Crippen molar-refractivity contribution in [3.8, 4) is 6.07 Å². The van der Waals surface area contributed by atoms with Crippen LogP contribution in [0.2, 0.25) is 10.0 Å². The van der Waals surface area contributed by atoms with Crippen molar-refractivity contribution >= 4 is 29.0 Å². The van der Waals surface area contributed by atoms with Crippen LogP contribution in [0.5, 0.6) is 0 Å². The molecule has 0 bridgehead atoms. The van der Waals surface area contributed by atoms with Gasteiger partial charge in [-0.3, -0.25) is 4.79 Å². The third-order valence-corrected chi connectivity index (χ3v) is 4.60. The molecule has 0 unspecified atom stereocenters. The first kappa shape index (κ1) is 14.1. The van der Waals surface area contributed by atoms with E-state index in [1.807, 2.05) is 18.2 Å². The lowest BCUT2D eigenvalue weighted by Crippen LogP contribution is -2.16. The summed E-state index contributed by atoms with van der Waals surface area (Å²) in [6.07, 6.45) is 1.22. The Morgan fingerprint density at radius 1 is 1.10 bits per heavy atom. The zero-order valence-corrected chi connectivity index (χ0v) is 12.6. The van der Waals surface area contributed by atoms with Gasteiger partial charge in [-0.25, -0.2) is 0 Å². The maximum atomic E-state index is 12.1. The molecule has 1 aliphatic rings. The molecule has 1 atom stereocenters. The molecule has 0 heterocycles. The van der Waals surface area contributed by atoms with Crippen LogP contribution >= 0.6 is 23.2 Å². The average molecular weight is 316 g/mol. The van der Waals surface area contributed by atoms with Crippen molar-refractivity contribution in [2.24, 2.45) is 0 Å². The van der Waals surface area contributed by atoms with Crippen molar-refractivity contribution in [2.45, 2.75) is 18.8 Å². The number of Topliss-reactive ketones (excluding diaryl/α,β-unsaturated/α-hetero) is 1. The van der Waals surface area contributed by atoms with Crippen LogP contribution in [0.1, 0.15) is 45.8 Å². The Hall–Kier alpha value is -1.82. The molecule has 0 aliphatic heterocycles. The van der Waals surface area contributed by atoms with Crippen LogP contribution in [0.15, 0.2) is 36.4 Å². The third kappa shape index (κ3) is 2.55. The molecule has 3 rings (SSSR count). The number of carbonyl (C=O) groups is 1. The number of hydrogen-bond acceptors (Lipinski definition) is 2. The average Bonchev–Trinajstić information content (AvgIpc) is 2.50.